The first-order valence-corrected chi connectivity index (χ1v) is 6.05. The number of esters is 1. The third-order valence-corrected chi connectivity index (χ3v) is 3.24. The molecule has 4 nitrogen and oxygen atoms in total. The molecule has 0 radical (unpaired) electrons. The van der Waals surface area contributed by atoms with Crippen LogP contribution in [0.1, 0.15) is 32.6 Å². The Labute approximate surface area is 101 Å². The SMILES string of the molecule is CCC/C=C1\OC(=O)C2=C1CC[C@H](O)[C@@H]2OC. The predicted molar refractivity (Wildman–Crippen MR) is 62.1 cm³/mol. The second-order valence-corrected chi connectivity index (χ2v) is 4.40. The number of carbonyl (C=O) groups is 1. The van der Waals surface area contributed by atoms with Crippen LogP contribution in [0.25, 0.3) is 0 Å². The van der Waals surface area contributed by atoms with Gasteiger partial charge < -0.3 is 14.6 Å². The molecule has 0 aromatic rings. The zero-order chi connectivity index (χ0) is 12.4. The molecule has 0 aromatic carbocycles. The zero-order valence-corrected chi connectivity index (χ0v) is 10.2. The van der Waals surface area contributed by atoms with Crippen LogP contribution in [-0.2, 0) is 14.3 Å². The maximum Gasteiger partial charge on any atom is 0.342 e. The van der Waals surface area contributed by atoms with E-state index in [1.54, 1.807) is 0 Å². The second kappa shape index (κ2) is 5.02. The highest BCUT2D eigenvalue weighted by molar-refractivity contribution is 5.96. The largest absolute Gasteiger partial charge is 0.423 e. The van der Waals surface area contributed by atoms with Crippen LogP contribution in [0.5, 0.6) is 0 Å². The Morgan fingerprint density at radius 1 is 1.59 bits per heavy atom. The van der Waals surface area contributed by atoms with Crippen molar-refractivity contribution in [1.82, 2.24) is 0 Å². The lowest BCUT2D eigenvalue weighted by Crippen LogP contribution is -2.35. The van der Waals surface area contributed by atoms with E-state index < -0.39 is 12.2 Å². The van der Waals surface area contributed by atoms with E-state index >= 15 is 0 Å². The van der Waals surface area contributed by atoms with Gasteiger partial charge in [-0.25, -0.2) is 4.79 Å². The van der Waals surface area contributed by atoms with Crippen molar-refractivity contribution >= 4 is 5.97 Å². The van der Waals surface area contributed by atoms with Crippen molar-refractivity contribution < 1.29 is 19.4 Å². The molecule has 0 aromatic heterocycles. The number of hydrogen-bond acceptors (Lipinski definition) is 4. The third kappa shape index (κ3) is 2.15. The van der Waals surface area contributed by atoms with Gasteiger partial charge in [0.25, 0.3) is 0 Å². The molecule has 17 heavy (non-hydrogen) atoms. The average molecular weight is 238 g/mol. The quantitative estimate of drug-likeness (QED) is 0.760. The molecule has 0 unspecified atom stereocenters. The number of allylic oxidation sites excluding steroid dienone is 2. The van der Waals surface area contributed by atoms with Crippen molar-refractivity contribution in [3.63, 3.8) is 0 Å². The topological polar surface area (TPSA) is 55.8 Å². The molecule has 0 saturated heterocycles. The van der Waals surface area contributed by atoms with E-state index in [4.69, 9.17) is 9.47 Å². The van der Waals surface area contributed by atoms with Crippen LogP contribution in [0.15, 0.2) is 23.0 Å². The number of methoxy groups -OCH3 is 1. The maximum atomic E-state index is 11.8. The highest BCUT2D eigenvalue weighted by atomic mass is 16.5. The summed E-state index contributed by atoms with van der Waals surface area (Å²) in [5.74, 6) is 0.300. The van der Waals surface area contributed by atoms with Gasteiger partial charge in [-0.05, 0) is 25.3 Å². The molecule has 4 heteroatoms. The van der Waals surface area contributed by atoms with E-state index in [0.29, 0.717) is 24.2 Å². The van der Waals surface area contributed by atoms with E-state index in [2.05, 4.69) is 6.92 Å². The van der Waals surface area contributed by atoms with Crippen LogP contribution >= 0.6 is 0 Å². The lowest BCUT2D eigenvalue weighted by molar-refractivity contribution is -0.135. The summed E-state index contributed by atoms with van der Waals surface area (Å²) in [7, 11) is 1.50. The van der Waals surface area contributed by atoms with Crippen LogP contribution in [0.3, 0.4) is 0 Å². The molecule has 0 amide bonds. The molecule has 2 atom stereocenters. The van der Waals surface area contributed by atoms with Crippen LogP contribution in [0.2, 0.25) is 0 Å². The Morgan fingerprint density at radius 2 is 2.35 bits per heavy atom. The third-order valence-electron chi connectivity index (χ3n) is 3.24. The molecular formula is C13H18O4. The minimum Gasteiger partial charge on any atom is -0.423 e. The van der Waals surface area contributed by atoms with Crippen LogP contribution < -0.4 is 0 Å². The monoisotopic (exact) mass is 238 g/mol. The van der Waals surface area contributed by atoms with Gasteiger partial charge >= 0.3 is 5.97 Å². The Kier molecular flexibility index (Phi) is 3.64. The van der Waals surface area contributed by atoms with Gasteiger partial charge in [-0.3, -0.25) is 0 Å². The van der Waals surface area contributed by atoms with Gasteiger partial charge in [0.1, 0.15) is 11.9 Å². The molecule has 2 rings (SSSR count). The standard InChI is InChI=1S/C13H18O4/c1-3-4-5-10-8-6-7-9(14)12(16-2)11(8)13(15)17-10/h5,9,12,14H,3-4,6-7H2,1-2H3/b10-5-/t9-,12-/m0/s1. The van der Waals surface area contributed by atoms with E-state index in [1.807, 2.05) is 6.08 Å². The summed E-state index contributed by atoms with van der Waals surface area (Å²) in [4.78, 5) is 11.8. The minimum absolute atomic E-state index is 0.368. The number of cyclic esters (lactones) is 1. The summed E-state index contributed by atoms with van der Waals surface area (Å²) in [6.07, 6.45) is 3.98. The molecule has 2 aliphatic rings. The predicted octanol–water partition coefficient (Wildman–Crippen LogP) is 1.69. The summed E-state index contributed by atoms with van der Waals surface area (Å²) in [5.41, 5.74) is 1.43. The van der Waals surface area contributed by atoms with Gasteiger partial charge in [-0.15, -0.1) is 0 Å². The number of ether oxygens (including phenoxy) is 2. The highest BCUT2D eigenvalue weighted by Gasteiger charge is 2.41. The van der Waals surface area contributed by atoms with E-state index in [9.17, 15) is 9.90 Å². The Bertz CT molecular complexity index is 381. The van der Waals surface area contributed by atoms with Gasteiger partial charge in [0.05, 0.1) is 11.7 Å². The fraction of sp³-hybridized carbons (Fsp3) is 0.615. The van der Waals surface area contributed by atoms with E-state index in [1.165, 1.54) is 7.11 Å². The lowest BCUT2D eigenvalue weighted by atomic mass is 9.87. The lowest BCUT2D eigenvalue weighted by Gasteiger charge is -2.26. The number of hydrogen-bond donors (Lipinski definition) is 1. The van der Waals surface area contributed by atoms with Crippen molar-refractivity contribution in [2.45, 2.75) is 44.8 Å². The second-order valence-electron chi connectivity index (χ2n) is 4.40. The van der Waals surface area contributed by atoms with Crippen LogP contribution in [0, 0.1) is 0 Å². The van der Waals surface area contributed by atoms with Crippen LogP contribution in [-0.4, -0.2) is 30.4 Å². The molecule has 0 fully saturated rings. The first-order valence-electron chi connectivity index (χ1n) is 6.05. The highest BCUT2D eigenvalue weighted by Crippen LogP contribution is 2.38. The van der Waals surface area contributed by atoms with Crippen molar-refractivity contribution in [3.8, 4) is 0 Å². The number of aliphatic hydroxyl groups excluding tert-OH is 1. The number of aliphatic hydroxyl groups is 1. The molecule has 1 N–H and O–H groups in total. The summed E-state index contributed by atoms with van der Waals surface area (Å²) in [6, 6.07) is 0. The smallest absolute Gasteiger partial charge is 0.342 e. The van der Waals surface area contributed by atoms with E-state index in [-0.39, 0.29) is 5.97 Å². The minimum atomic E-state index is -0.614. The summed E-state index contributed by atoms with van der Waals surface area (Å²) in [5, 5.41) is 9.81. The Balaban J connectivity index is 2.33. The summed E-state index contributed by atoms with van der Waals surface area (Å²) >= 11 is 0. The molecular weight excluding hydrogens is 220 g/mol. The van der Waals surface area contributed by atoms with Gasteiger partial charge in [-0.2, -0.15) is 0 Å². The maximum absolute atomic E-state index is 11.8. The molecule has 1 heterocycles. The first kappa shape index (κ1) is 12.3. The first-order chi connectivity index (χ1) is 8.19. The fourth-order valence-electron chi connectivity index (χ4n) is 2.37. The molecule has 0 bridgehead atoms. The number of unbranched alkanes of at least 4 members (excludes halogenated alkanes) is 1. The normalized spacial score (nSPS) is 30.8. The van der Waals surface area contributed by atoms with Crippen molar-refractivity contribution in [2.24, 2.45) is 0 Å². The number of carbonyl (C=O) groups excluding carboxylic acids is 1. The van der Waals surface area contributed by atoms with E-state index in [0.717, 1.165) is 18.4 Å². The Morgan fingerprint density at radius 3 is 3.00 bits per heavy atom. The van der Waals surface area contributed by atoms with Gasteiger partial charge in [0, 0.05) is 12.7 Å². The van der Waals surface area contributed by atoms with Crippen LogP contribution in [0.4, 0.5) is 0 Å². The molecule has 0 saturated carbocycles. The summed E-state index contributed by atoms with van der Waals surface area (Å²) in [6.45, 7) is 2.08. The summed E-state index contributed by atoms with van der Waals surface area (Å²) < 4.78 is 10.5. The molecule has 1 aliphatic carbocycles. The molecule has 1 aliphatic heterocycles. The van der Waals surface area contributed by atoms with Crippen molar-refractivity contribution in [1.29, 1.82) is 0 Å². The van der Waals surface area contributed by atoms with Crippen molar-refractivity contribution in [2.75, 3.05) is 7.11 Å². The van der Waals surface area contributed by atoms with Crippen molar-refractivity contribution in [3.05, 3.63) is 23.0 Å². The average Bonchev–Trinajstić information content (AvgIpc) is 2.64. The Hall–Kier alpha value is -1.13. The van der Waals surface area contributed by atoms with Gasteiger partial charge in [0.15, 0.2) is 0 Å². The number of rotatable bonds is 3. The zero-order valence-electron chi connectivity index (χ0n) is 10.2. The van der Waals surface area contributed by atoms with Gasteiger partial charge in [0.2, 0.25) is 0 Å². The molecule has 94 valence electrons. The fourth-order valence-corrected chi connectivity index (χ4v) is 2.37. The van der Waals surface area contributed by atoms with Gasteiger partial charge in [-0.1, -0.05) is 13.3 Å². The molecule has 0 spiro atoms.